The third kappa shape index (κ3) is 5.32. The van der Waals surface area contributed by atoms with Crippen LogP contribution >= 0.6 is 0 Å². The molecule has 7 heteroatoms. The molecule has 4 nitrogen and oxygen atoms in total. The molecule has 1 amide bonds. The van der Waals surface area contributed by atoms with Gasteiger partial charge in [0.05, 0.1) is 12.1 Å². The molecule has 0 bridgehead atoms. The van der Waals surface area contributed by atoms with E-state index in [1.54, 1.807) is 14.0 Å². The van der Waals surface area contributed by atoms with Crippen LogP contribution in [0, 0.1) is 0 Å². The van der Waals surface area contributed by atoms with Crippen LogP contribution in [0.25, 0.3) is 0 Å². The Kier molecular flexibility index (Phi) is 5.21. The lowest BCUT2D eigenvalue weighted by Gasteiger charge is -2.28. The van der Waals surface area contributed by atoms with Gasteiger partial charge in [0.1, 0.15) is 0 Å². The lowest BCUT2D eigenvalue weighted by atomic mass is 9.97. The second kappa shape index (κ2) is 5.49. The lowest BCUT2D eigenvalue weighted by Crippen LogP contribution is -2.53. The van der Waals surface area contributed by atoms with E-state index in [0.29, 0.717) is 0 Å². The SMILES string of the molecule is CNC(C)(CCN(C)CC(F)(F)F)C(N)=O. The number of halogens is 3. The first-order valence-electron chi connectivity index (χ1n) is 4.85. The maximum Gasteiger partial charge on any atom is 0.401 e. The molecule has 0 saturated heterocycles. The van der Waals surface area contributed by atoms with Crippen molar-refractivity contribution in [1.82, 2.24) is 10.2 Å². The highest BCUT2D eigenvalue weighted by atomic mass is 19.4. The fourth-order valence-corrected chi connectivity index (χ4v) is 1.17. The Balaban J connectivity index is 4.18. The van der Waals surface area contributed by atoms with Crippen LogP contribution in [0.2, 0.25) is 0 Å². The number of amides is 1. The van der Waals surface area contributed by atoms with Crippen molar-refractivity contribution < 1.29 is 18.0 Å². The quantitative estimate of drug-likeness (QED) is 0.704. The number of nitrogens with two attached hydrogens (primary N) is 1. The van der Waals surface area contributed by atoms with Crippen LogP contribution in [0.5, 0.6) is 0 Å². The van der Waals surface area contributed by atoms with Gasteiger partial charge in [0.15, 0.2) is 0 Å². The summed E-state index contributed by atoms with van der Waals surface area (Å²) in [7, 11) is 2.90. The average molecular weight is 241 g/mol. The molecule has 1 unspecified atom stereocenters. The van der Waals surface area contributed by atoms with Gasteiger partial charge in [-0.1, -0.05) is 0 Å². The van der Waals surface area contributed by atoms with Gasteiger partial charge in [-0.2, -0.15) is 13.2 Å². The topological polar surface area (TPSA) is 58.4 Å². The van der Waals surface area contributed by atoms with Crippen LogP contribution in [0.15, 0.2) is 0 Å². The summed E-state index contributed by atoms with van der Waals surface area (Å²) in [4.78, 5) is 12.2. The Morgan fingerprint density at radius 3 is 2.25 bits per heavy atom. The Morgan fingerprint density at radius 1 is 1.44 bits per heavy atom. The fourth-order valence-electron chi connectivity index (χ4n) is 1.17. The van der Waals surface area contributed by atoms with Gasteiger partial charge >= 0.3 is 6.18 Å². The number of carbonyl (C=O) groups is 1. The summed E-state index contributed by atoms with van der Waals surface area (Å²) >= 11 is 0. The number of likely N-dealkylation sites (N-methyl/N-ethyl adjacent to an activating group) is 1. The van der Waals surface area contributed by atoms with Crippen molar-refractivity contribution in [3.63, 3.8) is 0 Å². The van der Waals surface area contributed by atoms with Gasteiger partial charge in [0.25, 0.3) is 0 Å². The molecule has 0 aromatic rings. The molecule has 96 valence electrons. The maximum absolute atomic E-state index is 12.0. The van der Waals surface area contributed by atoms with Crippen molar-refractivity contribution >= 4 is 5.91 Å². The van der Waals surface area contributed by atoms with Gasteiger partial charge in [-0.05, 0) is 27.4 Å². The number of hydrogen-bond acceptors (Lipinski definition) is 3. The summed E-state index contributed by atoms with van der Waals surface area (Å²) in [5, 5.41) is 2.71. The van der Waals surface area contributed by atoms with E-state index in [1.807, 2.05) is 0 Å². The lowest BCUT2D eigenvalue weighted by molar-refractivity contribution is -0.143. The monoisotopic (exact) mass is 241 g/mol. The average Bonchev–Trinajstić information content (AvgIpc) is 2.11. The fraction of sp³-hybridized carbons (Fsp3) is 0.889. The molecular formula is C9H18F3N3O. The first-order chi connectivity index (χ1) is 7.10. The van der Waals surface area contributed by atoms with E-state index in [4.69, 9.17) is 5.73 Å². The summed E-state index contributed by atoms with van der Waals surface area (Å²) in [5.74, 6) is -0.574. The summed E-state index contributed by atoms with van der Waals surface area (Å²) < 4.78 is 36.1. The largest absolute Gasteiger partial charge is 0.401 e. The smallest absolute Gasteiger partial charge is 0.368 e. The molecule has 0 radical (unpaired) electrons. The number of nitrogens with zero attached hydrogens (tertiary/aromatic N) is 1. The molecular weight excluding hydrogens is 223 g/mol. The van der Waals surface area contributed by atoms with Gasteiger partial charge in [0, 0.05) is 6.54 Å². The number of nitrogens with one attached hydrogen (secondary N) is 1. The van der Waals surface area contributed by atoms with Crippen LogP contribution in [0.1, 0.15) is 13.3 Å². The second-order valence-electron chi connectivity index (χ2n) is 4.05. The molecule has 0 aliphatic heterocycles. The number of hydrogen-bond donors (Lipinski definition) is 2. The minimum absolute atomic E-state index is 0.139. The first kappa shape index (κ1) is 15.2. The van der Waals surface area contributed by atoms with Crippen LogP contribution < -0.4 is 11.1 Å². The zero-order valence-electron chi connectivity index (χ0n) is 9.69. The third-order valence-electron chi connectivity index (χ3n) is 2.54. The van der Waals surface area contributed by atoms with Crippen LogP contribution in [-0.2, 0) is 4.79 Å². The predicted molar refractivity (Wildman–Crippen MR) is 54.8 cm³/mol. The Bertz CT molecular complexity index is 245. The molecule has 0 saturated carbocycles. The molecule has 0 spiro atoms. The van der Waals surface area contributed by atoms with E-state index in [0.717, 1.165) is 4.90 Å². The highest BCUT2D eigenvalue weighted by Crippen LogP contribution is 2.16. The highest BCUT2D eigenvalue weighted by molar-refractivity contribution is 5.84. The van der Waals surface area contributed by atoms with Gasteiger partial charge in [-0.3, -0.25) is 9.69 Å². The Labute approximate surface area is 93.0 Å². The zero-order valence-corrected chi connectivity index (χ0v) is 9.69. The molecule has 0 rings (SSSR count). The van der Waals surface area contributed by atoms with Crippen molar-refractivity contribution in [2.24, 2.45) is 5.73 Å². The van der Waals surface area contributed by atoms with Crippen molar-refractivity contribution in [3.05, 3.63) is 0 Å². The third-order valence-corrected chi connectivity index (χ3v) is 2.54. The van der Waals surface area contributed by atoms with Crippen LogP contribution in [0.3, 0.4) is 0 Å². The van der Waals surface area contributed by atoms with Gasteiger partial charge in [-0.25, -0.2) is 0 Å². The maximum atomic E-state index is 12.0. The molecule has 0 aromatic carbocycles. The van der Waals surface area contributed by atoms with E-state index in [2.05, 4.69) is 5.32 Å². The molecule has 0 aliphatic carbocycles. The van der Waals surface area contributed by atoms with Crippen LogP contribution in [-0.4, -0.2) is 49.7 Å². The molecule has 3 N–H and O–H groups in total. The molecule has 0 heterocycles. The van der Waals surface area contributed by atoms with Crippen molar-refractivity contribution in [2.45, 2.75) is 25.1 Å². The summed E-state index contributed by atoms with van der Waals surface area (Å²) in [6.07, 6.45) is -4.00. The molecule has 16 heavy (non-hydrogen) atoms. The van der Waals surface area contributed by atoms with Crippen LogP contribution in [0.4, 0.5) is 13.2 Å². The van der Waals surface area contributed by atoms with Crippen molar-refractivity contribution in [2.75, 3.05) is 27.2 Å². The molecule has 0 aromatic heterocycles. The molecule has 0 fully saturated rings. The summed E-state index contributed by atoms with van der Waals surface area (Å²) in [6, 6.07) is 0. The standard InChI is InChI=1S/C9H18F3N3O/c1-8(14-2,7(13)16)4-5-15(3)6-9(10,11)12/h14H,4-6H2,1-3H3,(H2,13,16). The number of carbonyl (C=O) groups excluding carboxylic acids is 1. The van der Waals surface area contributed by atoms with E-state index in [-0.39, 0.29) is 13.0 Å². The van der Waals surface area contributed by atoms with E-state index in [1.165, 1.54) is 7.05 Å². The van der Waals surface area contributed by atoms with Gasteiger partial charge in [0.2, 0.25) is 5.91 Å². The summed E-state index contributed by atoms with van der Waals surface area (Å²) in [5.41, 5.74) is 4.18. The number of rotatable bonds is 6. The summed E-state index contributed by atoms with van der Waals surface area (Å²) in [6.45, 7) is 0.710. The molecule has 0 aliphatic rings. The normalized spacial score (nSPS) is 16.2. The number of primary amides is 1. The number of alkyl halides is 3. The van der Waals surface area contributed by atoms with Crippen molar-refractivity contribution in [1.29, 1.82) is 0 Å². The second-order valence-corrected chi connectivity index (χ2v) is 4.05. The zero-order chi connectivity index (χ0) is 13.0. The van der Waals surface area contributed by atoms with E-state index < -0.39 is 24.2 Å². The van der Waals surface area contributed by atoms with E-state index in [9.17, 15) is 18.0 Å². The Morgan fingerprint density at radius 2 is 1.94 bits per heavy atom. The Hall–Kier alpha value is -0.820. The molecule has 1 atom stereocenters. The van der Waals surface area contributed by atoms with Gasteiger partial charge < -0.3 is 11.1 Å². The van der Waals surface area contributed by atoms with Gasteiger partial charge in [-0.15, -0.1) is 0 Å². The van der Waals surface area contributed by atoms with Crippen molar-refractivity contribution in [3.8, 4) is 0 Å². The predicted octanol–water partition coefficient (Wildman–Crippen LogP) is 0.334. The minimum atomic E-state index is -4.22. The highest BCUT2D eigenvalue weighted by Gasteiger charge is 2.32. The minimum Gasteiger partial charge on any atom is -0.368 e. The van der Waals surface area contributed by atoms with E-state index >= 15 is 0 Å². The first-order valence-corrected chi connectivity index (χ1v) is 4.85.